The number of nitrogens with zero attached hydrogens (tertiary/aromatic N) is 2. The summed E-state index contributed by atoms with van der Waals surface area (Å²) < 4.78 is 10.4. The molecule has 2 aromatic carbocycles. The summed E-state index contributed by atoms with van der Waals surface area (Å²) in [5.74, 6) is -1.12. The molecule has 10 heteroatoms. The molecule has 0 saturated heterocycles. The molecular weight excluding hydrogens is 454 g/mol. The van der Waals surface area contributed by atoms with E-state index < -0.39 is 24.2 Å². The standard InChI is InChI=1S/C25H29N3O7/c1-28(2,3)22(23(30)31)14-21(26-24(32)34-16-19-10-6-4-7-11-19)15-27(18-29)25(33)35-17-20-12-8-5-9-13-20/h4-13,15,18,22H,14,16-17H2,1-3H3,(H-,26,30,31,32)/p+1/b21-15-/t22-/m0/s1. The van der Waals surface area contributed by atoms with Crippen molar-refractivity contribution in [2.45, 2.75) is 25.7 Å². The Kier molecular flexibility index (Phi) is 9.98. The van der Waals surface area contributed by atoms with Crippen LogP contribution in [-0.2, 0) is 32.3 Å². The van der Waals surface area contributed by atoms with E-state index in [2.05, 4.69) is 5.32 Å². The quantitative estimate of drug-likeness (QED) is 0.371. The van der Waals surface area contributed by atoms with Crippen molar-refractivity contribution >= 4 is 24.6 Å². The lowest BCUT2D eigenvalue weighted by atomic mass is 10.1. The number of aliphatic carboxylic acids is 1. The number of benzene rings is 2. The second-order valence-electron chi connectivity index (χ2n) is 8.57. The van der Waals surface area contributed by atoms with Crippen LogP contribution in [0.15, 0.2) is 72.6 Å². The minimum absolute atomic E-state index is 0.00715. The first-order valence-corrected chi connectivity index (χ1v) is 10.8. The highest BCUT2D eigenvalue weighted by molar-refractivity contribution is 5.82. The van der Waals surface area contributed by atoms with Gasteiger partial charge in [-0.15, -0.1) is 0 Å². The fraction of sp³-hybridized carbons (Fsp3) is 0.280. The van der Waals surface area contributed by atoms with Gasteiger partial charge in [0.25, 0.3) is 0 Å². The van der Waals surface area contributed by atoms with Crippen LogP contribution in [0.25, 0.3) is 0 Å². The van der Waals surface area contributed by atoms with Crippen molar-refractivity contribution in [2.75, 3.05) is 21.1 Å². The monoisotopic (exact) mass is 484 g/mol. The van der Waals surface area contributed by atoms with Crippen molar-refractivity contribution in [3.8, 4) is 0 Å². The molecular formula is C25H30N3O7+. The number of nitrogens with one attached hydrogen (secondary N) is 1. The molecule has 3 amide bonds. The number of carboxylic acids is 1. The molecule has 186 valence electrons. The maximum atomic E-state index is 12.5. The van der Waals surface area contributed by atoms with Gasteiger partial charge in [-0.05, 0) is 11.1 Å². The van der Waals surface area contributed by atoms with Crippen molar-refractivity contribution in [3.63, 3.8) is 0 Å². The Labute approximate surface area is 203 Å². The van der Waals surface area contributed by atoms with Gasteiger partial charge in [0, 0.05) is 11.9 Å². The van der Waals surface area contributed by atoms with Gasteiger partial charge >= 0.3 is 18.2 Å². The average molecular weight is 485 g/mol. The zero-order valence-corrected chi connectivity index (χ0v) is 19.9. The minimum Gasteiger partial charge on any atom is -0.477 e. The second-order valence-corrected chi connectivity index (χ2v) is 8.57. The molecule has 0 fully saturated rings. The number of carbonyl (C=O) groups is 4. The fourth-order valence-corrected chi connectivity index (χ4v) is 3.02. The first kappa shape index (κ1) is 27.1. The summed E-state index contributed by atoms with van der Waals surface area (Å²) in [6.07, 6.45) is -0.802. The number of imide groups is 1. The first-order chi connectivity index (χ1) is 16.6. The molecule has 0 unspecified atom stereocenters. The lowest BCUT2D eigenvalue weighted by molar-refractivity contribution is -0.887. The van der Waals surface area contributed by atoms with Gasteiger partial charge in [0.15, 0.2) is 6.04 Å². The molecule has 1 atom stereocenters. The van der Waals surface area contributed by atoms with E-state index in [0.717, 1.165) is 17.3 Å². The van der Waals surface area contributed by atoms with Crippen LogP contribution in [0.5, 0.6) is 0 Å². The van der Waals surface area contributed by atoms with Crippen LogP contribution in [-0.4, -0.2) is 66.2 Å². The maximum absolute atomic E-state index is 12.5. The zero-order chi connectivity index (χ0) is 25.8. The summed E-state index contributed by atoms with van der Waals surface area (Å²) in [5.41, 5.74) is 1.46. The van der Waals surface area contributed by atoms with Crippen LogP contribution in [0.3, 0.4) is 0 Å². The molecule has 0 radical (unpaired) electrons. The lowest BCUT2D eigenvalue weighted by Crippen LogP contribution is -2.50. The van der Waals surface area contributed by atoms with Gasteiger partial charge in [-0.25, -0.2) is 19.3 Å². The SMILES string of the molecule is C[N+](C)(C)[C@@H](C/C(=C/N(C=O)C(=O)OCc1ccccc1)NC(=O)OCc1ccccc1)C(=O)O. The number of carboxylic acid groups (broad SMARTS) is 1. The molecule has 0 spiro atoms. The van der Waals surface area contributed by atoms with Crippen LogP contribution in [0, 0.1) is 0 Å². The molecule has 35 heavy (non-hydrogen) atoms. The summed E-state index contributed by atoms with van der Waals surface area (Å²) >= 11 is 0. The Hall–Kier alpha value is -4.18. The highest BCUT2D eigenvalue weighted by Crippen LogP contribution is 2.15. The molecule has 0 heterocycles. The van der Waals surface area contributed by atoms with E-state index in [1.807, 2.05) is 12.1 Å². The van der Waals surface area contributed by atoms with Gasteiger partial charge < -0.3 is 19.1 Å². The number of amides is 3. The van der Waals surface area contributed by atoms with E-state index in [-0.39, 0.29) is 36.2 Å². The zero-order valence-electron chi connectivity index (χ0n) is 19.9. The maximum Gasteiger partial charge on any atom is 0.420 e. The van der Waals surface area contributed by atoms with Gasteiger partial charge in [-0.3, -0.25) is 10.1 Å². The summed E-state index contributed by atoms with van der Waals surface area (Å²) in [4.78, 5) is 49.0. The predicted octanol–water partition coefficient (Wildman–Crippen LogP) is 3.10. The summed E-state index contributed by atoms with van der Waals surface area (Å²) in [5, 5.41) is 12.1. The summed E-state index contributed by atoms with van der Waals surface area (Å²) in [6, 6.07) is 16.8. The van der Waals surface area contributed by atoms with Gasteiger partial charge in [0.05, 0.1) is 27.6 Å². The second kappa shape index (κ2) is 12.9. The number of ether oxygens (including phenoxy) is 2. The van der Waals surface area contributed by atoms with E-state index in [9.17, 15) is 24.3 Å². The van der Waals surface area contributed by atoms with E-state index >= 15 is 0 Å². The van der Waals surface area contributed by atoms with Crippen LogP contribution < -0.4 is 5.32 Å². The third-order valence-corrected chi connectivity index (χ3v) is 4.93. The van der Waals surface area contributed by atoms with E-state index in [4.69, 9.17) is 9.47 Å². The Morgan fingerprint density at radius 1 is 0.943 bits per heavy atom. The van der Waals surface area contributed by atoms with Crippen LogP contribution in [0.1, 0.15) is 17.5 Å². The van der Waals surface area contributed by atoms with Gasteiger partial charge in [0.2, 0.25) is 6.41 Å². The molecule has 2 N–H and O–H groups in total. The first-order valence-electron chi connectivity index (χ1n) is 10.8. The van der Waals surface area contributed by atoms with Crippen molar-refractivity contribution in [3.05, 3.63) is 83.7 Å². The van der Waals surface area contributed by atoms with Crippen molar-refractivity contribution in [1.82, 2.24) is 10.2 Å². The van der Waals surface area contributed by atoms with Crippen molar-refractivity contribution in [2.24, 2.45) is 0 Å². The highest BCUT2D eigenvalue weighted by Gasteiger charge is 2.33. The molecule has 2 aromatic rings. The predicted molar refractivity (Wildman–Crippen MR) is 126 cm³/mol. The molecule has 0 aliphatic rings. The van der Waals surface area contributed by atoms with Crippen LogP contribution in [0.4, 0.5) is 9.59 Å². The number of likely N-dealkylation sites (N-methyl/N-ethyl adjacent to an activating group) is 1. The highest BCUT2D eigenvalue weighted by atomic mass is 16.6. The lowest BCUT2D eigenvalue weighted by Gasteiger charge is -2.31. The number of hydrogen-bond acceptors (Lipinski definition) is 6. The van der Waals surface area contributed by atoms with Gasteiger partial charge in [-0.1, -0.05) is 60.7 Å². The number of carbonyl (C=O) groups excluding carboxylic acids is 3. The molecule has 0 aromatic heterocycles. The third kappa shape index (κ3) is 9.30. The van der Waals surface area contributed by atoms with Gasteiger partial charge in [-0.2, -0.15) is 0 Å². The normalized spacial score (nSPS) is 12.3. The largest absolute Gasteiger partial charge is 0.477 e. The van der Waals surface area contributed by atoms with E-state index in [1.165, 1.54) is 0 Å². The molecule has 10 nitrogen and oxygen atoms in total. The van der Waals surface area contributed by atoms with E-state index in [1.54, 1.807) is 69.7 Å². The smallest absolute Gasteiger partial charge is 0.420 e. The third-order valence-electron chi connectivity index (χ3n) is 4.93. The molecule has 0 aliphatic heterocycles. The molecule has 0 saturated carbocycles. The van der Waals surface area contributed by atoms with Crippen LogP contribution in [0.2, 0.25) is 0 Å². The number of quaternary nitrogens is 1. The number of rotatable bonds is 11. The Morgan fingerprint density at radius 2 is 1.46 bits per heavy atom. The van der Waals surface area contributed by atoms with E-state index in [0.29, 0.717) is 4.90 Å². The number of hydrogen-bond donors (Lipinski definition) is 2. The topological polar surface area (TPSA) is 122 Å². The molecule has 2 rings (SSSR count). The number of alkyl carbamates (subject to hydrolysis) is 1. The Balaban J connectivity index is 2.18. The Morgan fingerprint density at radius 3 is 1.91 bits per heavy atom. The minimum atomic E-state index is -1.12. The van der Waals surface area contributed by atoms with Gasteiger partial charge in [0.1, 0.15) is 13.2 Å². The summed E-state index contributed by atoms with van der Waals surface area (Å²) in [6.45, 7) is -0.0927. The van der Waals surface area contributed by atoms with Crippen molar-refractivity contribution in [1.29, 1.82) is 0 Å². The fourth-order valence-electron chi connectivity index (χ4n) is 3.02. The van der Waals surface area contributed by atoms with Crippen molar-refractivity contribution < 1.29 is 38.2 Å². The molecule has 0 bridgehead atoms. The summed E-state index contributed by atoms with van der Waals surface area (Å²) in [7, 11) is 5.03. The van der Waals surface area contributed by atoms with Crippen LogP contribution >= 0.6 is 0 Å². The molecule has 0 aliphatic carbocycles. The average Bonchev–Trinajstić information content (AvgIpc) is 2.83. The Bertz CT molecular complexity index is 1030.